The molecule has 0 bridgehead atoms. The fourth-order valence-electron chi connectivity index (χ4n) is 2.53. The molecule has 0 heterocycles. The Bertz CT molecular complexity index is 563. The van der Waals surface area contributed by atoms with Gasteiger partial charge in [0.1, 0.15) is 5.40 Å². The molecule has 108 valence electrons. The Kier molecular flexibility index (Phi) is 5.50. The second kappa shape index (κ2) is 7.14. The van der Waals surface area contributed by atoms with E-state index in [9.17, 15) is 8.42 Å². The van der Waals surface area contributed by atoms with Gasteiger partial charge < -0.3 is 0 Å². The second-order valence-corrected chi connectivity index (χ2v) is 8.25. The zero-order valence-corrected chi connectivity index (χ0v) is 13.0. The van der Waals surface area contributed by atoms with Crippen molar-refractivity contribution in [3.63, 3.8) is 0 Å². The van der Waals surface area contributed by atoms with Crippen LogP contribution < -0.4 is 0 Å². The Morgan fingerprint density at radius 2 is 1.90 bits per heavy atom. The predicted octanol–water partition coefficient (Wildman–Crippen LogP) is 3.48. The van der Waals surface area contributed by atoms with Crippen LogP contribution in [0.2, 0.25) is 0 Å². The molecule has 5 heteroatoms. The van der Waals surface area contributed by atoms with Crippen molar-refractivity contribution < 1.29 is 8.42 Å². The molecule has 0 radical (unpaired) electrons. The highest BCUT2D eigenvalue weighted by atomic mass is 32.2. The summed E-state index contributed by atoms with van der Waals surface area (Å²) in [5, 5.41) is 10.5. The third kappa shape index (κ3) is 4.53. The number of nitrogens with zero attached hydrogens (tertiary/aromatic N) is 1. The molecule has 1 aliphatic rings. The first-order valence-corrected chi connectivity index (χ1v) is 9.56. The van der Waals surface area contributed by atoms with Crippen molar-refractivity contribution >= 4 is 21.6 Å². The zero-order chi connectivity index (χ0) is 14.4. The van der Waals surface area contributed by atoms with Crippen LogP contribution in [0.1, 0.15) is 25.7 Å². The minimum atomic E-state index is -3.12. The monoisotopic (exact) mass is 309 g/mol. The van der Waals surface area contributed by atoms with E-state index in [0.29, 0.717) is 16.7 Å². The number of hydrogen-bond donors (Lipinski definition) is 0. The first-order valence-electron chi connectivity index (χ1n) is 6.92. The van der Waals surface area contributed by atoms with Gasteiger partial charge in [-0.15, -0.1) is 0 Å². The van der Waals surface area contributed by atoms with Gasteiger partial charge in [0.25, 0.3) is 0 Å². The standard InChI is InChI=1S/C15H19NO2S2/c16-12-19-9-4-5-13-11-14(13)8-10-20(17,18)15-6-2-1-3-7-15/h1-3,6-7,13-14H,4-5,8-11H2. The zero-order valence-electron chi connectivity index (χ0n) is 11.4. The molecule has 0 amide bonds. The van der Waals surface area contributed by atoms with Crippen LogP contribution >= 0.6 is 11.8 Å². The lowest BCUT2D eigenvalue weighted by Gasteiger charge is -2.04. The fraction of sp³-hybridized carbons (Fsp3) is 0.533. The van der Waals surface area contributed by atoms with E-state index in [4.69, 9.17) is 5.26 Å². The third-order valence-electron chi connectivity index (χ3n) is 3.81. The fourth-order valence-corrected chi connectivity index (χ4v) is 4.36. The Morgan fingerprint density at radius 3 is 2.60 bits per heavy atom. The molecular formula is C15H19NO2S2. The van der Waals surface area contributed by atoms with E-state index in [1.54, 1.807) is 24.3 Å². The Hall–Kier alpha value is -0.990. The first-order chi connectivity index (χ1) is 9.63. The summed E-state index contributed by atoms with van der Waals surface area (Å²) in [6, 6.07) is 8.69. The van der Waals surface area contributed by atoms with Gasteiger partial charge in [-0.2, -0.15) is 5.26 Å². The number of benzene rings is 1. The molecule has 2 unspecified atom stereocenters. The molecule has 3 nitrogen and oxygen atoms in total. The average molecular weight is 309 g/mol. The maximum atomic E-state index is 12.1. The Balaban J connectivity index is 1.71. The summed E-state index contributed by atoms with van der Waals surface area (Å²) < 4.78 is 24.3. The smallest absolute Gasteiger partial charge is 0.178 e. The van der Waals surface area contributed by atoms with Crippen LogP contribution in [-0.2, 0) is 9.84 Å². The van der Waals surface area contributed by atoms with Crippen LogP contribution in [-0.4, -0.2) is 19.9 Å². The summed E-state index contributed by atoms with van der Waals surface area (Å²) in [5.74, 6) is 2.40. The third-order valence-corrected chi connectivity index (χ3v) is 6.20. The molecule has 1 aromatic rings. The Morgan fingerprint density at radius 1 is 1.20 bits per heavy atom. The summed E-state index contributed by atoms with van der Waals surface area (Å²) in [7, 11) is -3.12. The van der Waals surface area contributed by atoms with E-state index >= 15 is 0 Å². The van der Waals surface area contributed by atoms with Crippen molar-refractivity contribution in [3.8, 4) is 5.40 Å². The van der Waals surface area contributed by atoms with Gasteiger partial charge in [0.2, 0.25) is 0 Å². The quantitative estimate of drug-likeness (QED) is 0.545. The van der Waals surface area contributed by atoms with Crippen LogP contribution in [0.15, 0.2) is 35.2 Å². The van der Waals surface area contributed by atoms with Gasteiger partial charge in [0.15, 0.2) is 9.84 Å². The van der Waals surface area contributed by atoms with Gasteiger partial charge in [-0.05, 0) is 61.4 Å². The first kappa shape index (κ1) is 15.4. The molecule has 0 aliphatic heterocycles. The maximum absolute atomic E-state index is 12.1. The predicted molar refractivity (Wildman–Crippen MR) is 82.0 cm³/mol. The number of thioether (sulfide) groups is 1. The number of nitriles is 1. The van der Waals surface area contributed by atoms with E-state index in [2.05, 4.69) is 5.40 Å². The highest BCUT2D eigenvalue weighted by Crippen LogP contribution is 2.45. The van der Waals surface area contributed by atoms with E-state index in [-0.39, 0.29) is 5.75 Å². The largest absolute Gasteiger partial charge is 0.224 e. The number of hydrogen-bond acceptors (Lipinski definition) is 4. The van der Waals surface area contributed by atoms with E-state index in [1.165, 1.54) is 11.8 Å². The Labute approximate surface area is 125 Å². The SMILES string of the molecule is N#CSCCCC1CC1CCS(=O)(=O)c1ccccc1. The van der Waals surface area contributed by atoms with E-state index in [1.807, 2.05) is 6.07 Å². The van der Waals surface area contributed by atoms with Crippen LogP contribution in [0.4, 0.5) is 0 Å². The highest BCUT2D eigenvalue weighted by Gasteiger charge is 2.36. The summed E-state index contributed by atoms with van der Waals surface area (Å²) in [4.78, 5) is 0.433. The molecule has 2 rings (SSSR count). The van der Waals surface area contributed by atoms with Crippen molar-refractivity contribution in [3.05, 3.63) is 30.3 Å². The van der Waals surface area contributed by atoms with E-state index in [0.717, 1.165) is 31.4 Å². The van der Waals surface area contributed by atoms with Crippen molar-refractivity contribution in [2.24, 2.45) is 11.8 Å². The lowest BCUT2D eigenvalue weighted by atomic mass is 10.2. The number of rotatable bonds is 8. The molecule has 1 saturated carbocycles. The second-order valence-electron chi connectivity index (χ2n) is 5.26. The molecule has 1 fully saturated rings. The molecule has 0 aromatic heterocycles. The van der Waals surface area contributed by atoms with Gasteiger partial charge in [-0.3, -0.25) is 0 Å². The normalized spacial score (nSPS) is 21.4. The van der Waals surface area contributed by atoms with Crippen molar-refractivity contribution in [1.82, 2.24) is 0 Å². The lowest BCUT2D eigenvalue weighted by Crippen LogP contribution is -2.07. The van der Waals surface area contributed by atoms with Crippen LogP contribution in [0.25, 0.3) is 0 Å². The van der Waals surface area contributed by atoms with Crippen LogP contribution in [0.5, 0.6) is 0 Å². The molecule has 0 spiro atoms. The van der Waals surface area contributed by atoms with Crippen molar-refractivity contribution in [1.29, 1.82) is 5.26 Å². The molecule has 1 aliphatic carbocycles. The van der Waals surface area contributed by atoms with Gasteiger partial charge in [-0.1, -0.05) is 18.2 Å². The molecule has 20 heavy (non-hydrogen) atoms. The maximum Gasteiger partial charge on any atom is 0.178 e. The van der Waals surface area contributed by atoms with Crippen LogP contribution in [0, 0.1) is 22.5 Å². The summed E-state index contributed by atoms with van der Waals surface area (Å²) >= 11 is 1.30. The minimum Gasteiger partial charge on any atom is -0.224 e. The summed E-state index contributed by atoms with van der Waals surface area (Å²) in [6.45, 7) is 0. The lowest BCUT2D eigenvalue weighted by molar-refractivity contribution is 0.581. The van der Waals surface area contributed by atoms with E-state index < -0.39 is 9.84 Å². The molecule has 2 atom stereocenters. The number of thiocyanates is 1. The molecule has 1 aromatic carbocycles. The summed E-state index contributed by atoms with van der Waals surface area (Å²) in [5.41, 5.74) is 0. The molecule has 0 N–H and O–H groups in total. The van der Waals surface area contributed by atoms with Gasteiger partial charge >= 0.3 is 0 Å². The molecule has 0 saturated heterocycles. The van der Waals surface area contributed by atoms with Crippen molar-refractivity contribution in [2.45, 2.75) is 30.6 Å². The van der Waals surface area contributed by atoms with Crippen molar-refractivity contribution in [2.75, 3.05) is 11.5 Å². The van der Waals surface area contributed by atoms with Gasteiger partial charge in [0.05, 0.1) is 10.6 Å². The van der Waals surface area contributed by atoms with Gasteiger partial charge in [-0.25, -0.2) is 8.42 Å². The molecular weight excluding hydrogens is 290 g/mol. The highest BCUT2D eigenvalue weighted by molar-refractivity contribution is 8.03. The topological polar surface area (TPSA) is 57.9 Å². The summed E-state index contributed by atoms with van der Waals surface area (Å²) in [6.07, 6.45) is 4.12. The van der Waals surface area contributed by atoms with Gasteiger partial charge in [0, 0.05) is 5.75 Å². The average Bonchev–Trinajstić information content (AvgIpc) is 3.21. The number of sulfone groups is 1. The minimum absolute atomic E-state index is 0.255. The van der Waals surface area contributed by atoms with Crippen LogP contribution in [0.3, 0.4) is 0 Å².